The van der Waals surface area contributed by atoms with Gasteiger partial charge < -0.3 is 0 Å². The summed E-state index contributed by atoms with van der Waals surface area (Å²) in [6.45, 7) is 10.3. The van der Waals surface area contributed by atoms with E-state index in [0.717, 1.165) is 0 Å². The van der Waals surface area contributed by atoms with Crippen LogP contribution >= 0.6 is 11.8 Å². The molecule has 0 bridgehead atoms. The third-order valence-electron chi connectivity index (χ3n) is 1.39. The molecule has 0 radical (unpaired) electrons. The van der Waals surface area contributed by atoms with Crippen LogP contribution in [0.15, 0.2) is 22.5 Å². The van der Waals surface area contributed by atoms with Crippen LogP contribution < -0.4 is 0 Å². The van der Waals surface area contributed by atoms with Crippen molar-refractivity contribution in [3.05, 3.63) is 22.5 Å². The van der Waals surface area contributed by atoms with Crippen molar-refractivity contribution in [2.24, 2.45) is 0 Å². The lowest BCUT2D eigenvalue weighted by molar-refractivity contribution is 0.789. The predicted molar refractivity (Wildman–Crippen MR) is 55.7 cm³/mol. The molecule has 64 valence electrons. The minimum Gasteiger partial charge on any atom is -0.104 e. The third kappa shape index (κ3) is 7.73. The van der Waals surface area contributed by atoms with Gasteiger partial charge >= 0.3 is 0 Å². The Morgan fingerprint density at radius 3 is 2.55 bits per heavy atom. The van der Waals surface area contributed by atoms with Crippen LogP contribution in [-0.4, -0.2) is 0 Å². The molecule has 0 aromatic heterocycles. The van der Waals surface area contributed by atoms with Crippen LogP contribution in [0.5, 0.6) is 0 Å². The average molecular weight is 170 g/mol. The van der Waals surface area contributed by atoms with E-state index in [-0.39, 0.29) is 0 Å². The van der Waals surface area contributed by atoms with Crippen molar-refractivity contribution in [2.45, 2.75) is 40.0 Å². The first-order chi connectivity index (χ1) is 5.16. The zero-order chi connectivity index (χ0) is 8.69. The Bertz CT molecular complexity index is 145. The first-order valence-corrected chi connectivity index (χ1v) is 5.02. The lowest BCUT2D eigenvalue weighted by Gasteiger charge is -1.98. The van der Waals surface area contributed by atoms with Gasteiger partial charge in [-0.15, -0.1) is 11.8 Å². The lowest BCUT2D eigenvalue weighted by atomic mass is 10.2. The fourth-order valence-corrected chi connectivity index (χ4v) is 1.24. The molecule has 0 amide bonds. The van der Waals surface area contributed by atoms with Gasteiger partial charge in [0, 0.05) is 0 Å². The lowest BCUT2D eigenvalue weighted by Crippen LogP contribution is -1.75. The van der Waals surface area contributed by atoms with Crippen LogP contribution in [0.2, 0.25) is 0 Å². The van der Waals surface area contributed by atoms with Crippen LogP contribution in [0.25, 0.3) is 0 Å². The monoisotopic (exact) mass is 170 g/mol. The molecule has 0 aromatic rings. The van der Waals surface area contributed by atoms with E-state index in [1.807, 2.05) is 6.92 Å². The molecule has 0 atom stereocenters. The number of unbranched alkanes of at least 4 members (excludes halogenated alkanes) is 1. The minimum atomic E-state index is 1.17. The second-order valence-electron chi connectivity index (χ2n) is 2.89. The Morgan fingerprint density at radius 1 is 1.45 bits per heavy atom. The summed E-state index contributed by atoms with van der Waals surface area (Å²) in [7, 11) is 0. The summed E-state index contributed by atoms with van der Waals surface area (Å²) in [6.07, 6.45) is 3.82. The molecule has 0 spiro atoms. The summed E-state index contributed by atoms with van der Waals surface area (Å²) >= 11 is 1.73. The topological polar surface area (TPSA) is 0 Å². The Balaban J connectivity index is 3.54. The summed E-state index contributed by atoms with van der Waals surface area (Å²) < 4.78 is 0. The van der Waals surface area contributed by atoms with Gasteiger partial charge in [-0.2, -0.15) is 0 Å². The van der Waals surface area contributed by atoms with E-state index in [1.165, 1.54) is 29.7 Å². The minimum absolute atomic E-state index is 1.17. The number of thioether (sulfide) groups is 1. The van der Waals surface area contributed by atoms with Gasteiger partial charge in [0.25, 0.3) is 0 Å². The van der Waals surface area contributed by atoms with Crippen LogP contribution in [0.1, 0.15) is 40.0 Å². The Labute approximate surface area is 74.8 Å². The van der Waals surface area contributed by atoms with Crippen molar-refractivity contribution in [1.29, 1.82) is 0 Å². The normalized spacial score (nSPS) is 11.7. The Kier molecular flexibility index (Phi) is 6.43. The standard InChI is InChI=1S/C10H18S/c1-5-6-7-10(4)8-11-9(2)3/h8H,2,5-7H2,1,3-4H3/b10-8+. The number of hydrogen-bond donors (Lipinski definition) is 0. The average Bonchev–Trinajstić information content (AvgIpc) is 1.97. The van der Waals surface area contributed by atoms with E-state index < -0.39 is 0 Å². The molecule has 0 heterocycles. The maximum Gasteiger partial charge on any atom is -0.0211 e. The van der Waals surface area contributed by atoms with Crippen LogP contribution in [-0.2, 0) is 0 Å². The smallest absolute Gasteiger partial charge is 0.0211 e. The third-order valence-corrected chi connectivity index (χ3v) is 2.31. The highest BCUT2D eigenvalue weighted by atomic mass is 32.2. The van der Waals surface area contributed by atoms with Gasteiger partial charge in [-0.05, 0) is 37.0 Å². The zero-order valence-corrected chi connectivity index (χ0v) is 8.63. The second kappa shape index (κ2) is 6.53. The molecule has 0 unspecified atom stereocenters. The van der Waals surface area contributed by atoms with Crippen LogP contribution in [0.3, 0.4) is 0 Å². The highest BCUT2D eigenvalue weighted by Gasteiger charge is 1.88. The maximum atomic E-state index is 3.83. The molecule has 1 heteroatoms. The van der Waals surface area contributed by atoms with Gasteiger partial charge in [0.1, 0.15) is 0 Å². The fraction of sp³-hybridized carbons (Fsp3) is 0.600. The SMILES string of the molecule is C=C(C)S/C=C(\C)CCCC. The maximum absolute atomic E-state index is 3.83. The summed E-state index contributed by atoms with van der Waals surface area (Å²) in [4.78, 5) is 1.17. The van der Waals surface area contributed by atoms with E-state index in [0.29, 0.717) is 0 Å². The molecule has 0 aliphatic heterocycles. The zero-order valence-electron chi connectivity index (χ0n) is 7.81. The molecule has 0 aliphatic rings. The van der Waals surface area contributed by atoms with Crippen molar-refractivity contribution in [2.75, 3.05) is 0 Å². The van der Waals surface area contributed by atoms with Crippen molar-refractivity contribution >= 4 is 11.8 Å². The first kappa shape index (κ1) is 10.8. The highest BCUT2D eigenvalue weighted by Crippen LogP contribution is 2.18. The van der Waals surface area contributed by atoms with E-state index in [2.05, 4.69) is 25.8 Å². The van der Waals surface area contributed by atoms with Gasteiger partial charge in [0.05, 0.1) is 0 Å². The molecule has 0 aliphatic carbocycles. The molecule has 0 saturated heterocycles. The van der Waals surface area contributed by atoms with E-state index in [9.17, 15) is 0 Å². The van der Waals surface area contributed by atoms with Crippen molar-refractivity contribution in [3.63, 3.8) is 0 Å². The molecule has 0 nitrogen and oxygen atoms in total. The Morgan fingerprint density at radius 2 is 2.09 bits per heavy atom. The summed E-state index contributed by atoms with van der Waals surface area (Å²) in [6, 6.07) is 0. The van der Waals surface area contributed by atoms with Gasteiger partial charge in [-0.1, -0.05) is 25.5 Å². The summed E-state index contributed by atoms with van der Waals surface area (Å²) in [5.74, 6) is 0. The fourth-order valence-electron chi connectivity index (χ4n) is 0.716. The largest absolute Gasteiger partial charge is 0.104 e. The van der Waals surface area contributed by atoms with Gasteiger partial charge in [0.2, 0.25) is 0 Å². The first-order valence-electron chi connectivity index (χ1n) is 4.14. The molecule has 0 aromatic carbocycles. The molecule has 0 fully saturated rings. The molecular formula is C10H18S. The molecule has 0 N–H and O–H groups in total. The van der Waals surface area contributed by atoms with Gasteiger partial charge in [-0.25, -0.2) is 0 Å². The molecule has 0 saturated carbocycles. The van der Waals surface area contributed by atoms with E-state index in [1.54, 1.807) is 11.8 Å². The van der Waals surface area contributed by atoms with Crippen LogP contribution in [0, 0.1) is 0 Å². The number of rotatable bonds is 5. The molecular weight excluding hydrogens is 152 g/mol. The van der Waals surface area contributed by atoms with Crippen molar-refractivity contribution in [1.82, 2.24) is 0 Å². The number of allylic oxidation sites excluding steroid dienone is 2. The van der Waals surface area contributed by atoms with E-state index >= 15 is 0 Å². The van der Waals surface area contributed by atoms with Crippen LogP contribution in [0.4, 0.5) is 0 Å². The Hall–Kier alpha value is -0.170. The molecule has 0 rings (SSSR count). The van der Waals surface area contributed by atoms with Gasteiger partial charge in [-0.3, -0.25) is 0 Å². The summed E-state index contributed by atoms with van der Waals surface area (Å²) in [5.41, 5.74) is 1.47. The molecule has 11 heavy (non-hydrogen) atoms. The van der Waals surface area contributed by atoms with E-state index in [4.69, 9.17) is 0 Å². The highest BCUT2D eigenvalue weighted by molar-refractivity contribution is 8.05. The predicted octanol–water partition coefficient (Wildman–Crippen LogP) is 4.35. The number of hydrogen-bond acceptors (Lipinski definition) is 1. The van der Waals surface area contributed by atoms with Gasteiger partial charge in [0.15, 0.2) is 0 Å². The van der Waals surface area contributed by atoms with Crippen molar-refractivity contribution in [3.8, 4) is 0 Å². The summed E-state index contributed by atoms with van der Waals surface area (Å²) in [5, 5.41) is 2.21. The van der Waals surface area contributed by atoms with Crippen molar-refractivity contribution < 1.29 is 0 Å². The second-order valence-corrected chi connectivity index (χ2v) is 4.06. The quantitative estimate of drug-likeness (QED) is 0.591.